The van der Waals surface area contributed by atoms with Gasteiger partial charge in [0.15, 0.2) is 0 Å². The molecule has 1 aromatic heterocycles. The minimum absolute atomic E-state index is 0.197. The number of ether oxygens (including phenoxy) is 2. The van der Waals surface area contributed by atoms with E-state index in [9.17, 15) is 4.79 Å². The van der Waals surface area contributed by atoms with E-state index < -0.39 is 5.97 Å². The number of hydrogen-bond donors (Lipinski definition) is 2. The normalized spacial score (nSPS) is 10.9. The quantitative estimate of drug-likeness (QED) is 0.768. The van der Waals surface area contributed by atoms with Crippen LogP contribution in [0.15, 0.2) is 24.3 Å². The lowest BCUT2D eigenvalue weighted by Crippen LogP contribution is -2.01. The Morgan fingerprint density at radius 1 is 1.33 bits per heavy atom. The average Bonchev–Trinajstić information content (AvgIpc) is 2.78. The minimum Gasteiger partial charge on any atom is -0.477 e. The number of aromatic amines is 1. The van der Waals surface area contributed by atoms with Crippen LogP contribution in [0.5, 0.6) is 0 Å². The Labute approximate surface area is 104 Å². The zero-order valence-electron chi connectivity index (χ0n) is 10.1. The number of methoxy groups -OCH3 is 1. The molecule has 0 saturated carbocycles. The van der Waals surface area contributed by atoms with Crippen LogP contribution in [0.4, 0.5) is 0 Å². The van der Waals surface area contributed by atoms with Crippen LogP contribution in [-0.2, 0) is 16.1 Å². The lowest BCUT2D eigenvalue weighted by molar-refractivity contribution is 0.0617. The number of benzene rings is 1. The molecule has 5 heteroatoms. The molecule has 0 radical (unpaired) electrons. The van der Waals surface area contributed by atoms with Crippen molar-refractivity contribution < 1.29 is 19.4 Å². The number of hydrogen-bond acceptors (Lipinski definition) is 3. The van der Waals surface area contributed by atoms with Crippen LogP contribution in [0.25, 0.3) is 10.9 Å². The first kappa shape index (κ1) is 12.6. The lowest BCUT2D eigenvalue weighted by Gasteiger charge is -2.03. The van der Waals surface area contributed by atoms with Gasteiger partial charge in [-0.25, -0.2) is 4.79 Å². The number of aromatic nitrogens is 1. The van der Waals surface area contributed by atoms with Crippen LogP contribution in [0.2, 0.25) is 0 Å². The predicted molar refractivity (Wildman–Crippen MR) is 66.8 cm³/mol. The van der Waals surface area contributed by atoms with E-state index in [2.05, 4.69) is 4.98 Å². The molecular weight excluding hydrogens is 234 g/mol. The van der Waals surface area contributed by atoms with Gasteiger partial charge < -0.3 is 19.6 Å². The molecule has 1 heterocycles. The number of aromatic carboxylic acids is 1. The fourth-order valence-corrected chi connectivity index (χ4v) is 1.71. The summed E-state index contributed by atoms with van der Waals surface area (Å²) in [5.41, 5.74) is 2.00. The minimum atomic E-state index is -0.955. The van der Waals surface area contributed by atoms with E-state index in [0.29, 0.717) is 19.8 Å². The van der Waals surface area contributed by atoms with Crippen LogP contribution < -0.4 is 0 Å². The van der Waals surface area contributed by atoms with Crippen molar-refractivity contribution in [2.45, 2.75) is 6.61 Å². The number of H-pyrrole nitrogens is 1. The van der Waals surface area contributed by atoms with Gasteiger partial charge in [-0.15, -0.1) is 0 Å². The van der Waals surface area contributed by atoms with Gasteiger partial charge in [0.2, 0.25) is 0 Å². The Morgan fingerprint density at radius 3 is 2.89 bits per heavy atom. The number of rotatable bonds is 6. The van der Waals surface area contributed by atoms with E-state index in [1.54, 1.807) is 13.2 Å². The molecule has 18 heavy (non-hydrogen) atoms. The van der Waals surface area contributed by atoms with Crippen LogP contribution in [0.3, 0.4) is 0 Å². The van der Waals surface area contributed by atoms with Gasteiger partial charge in [-0.3, -0.25) is 0 Å². The van der Waals surface area contributed by atoms with Crippen molar-refractivity contribution in [2.75, 3.05) is 20.3 Å². The second-order valence-corrected chi connectivity index (χ2v) is 3.96. The molecule has 0 aliphatic rings. The molecule has 2 N–H and O–H groups in total. The van der Waals surface area contributed by atoms with Crippen molar-refractivity contribution in [3.63, 3.8) is 0 Å². The molecule has 2 aromatic rings. The van der Waals surface area contributed by atoms with Crippen molar-refractivity contribution in [2.24, 2.45) is 0 Å². The summed E-state index contributed by atoms with van der Waals surface area (Å²) in [5, 5.41) is 9.77. The fourth-order valence-electron chi connectivity index (χ4n) is 1.71. The number of carboxylic acids is 1. The predicted octanol–water partition coefficient (Wildman–Crippen LogP) is 2.03. The highest BCUT2D eigenvalue weighted by atomic mass is 16.5. The summed E-state index contributed by atoms with van der Waals surface area (Å²) in [5.74, 6) is -0.955. The summed E-state index contributed by atoms with van der Waals surface area (Å²) in [6.07, 6.45) is 0. The number of fused-ring (bicyclic) bond motifs is 1. The first-order chi connectivity index (χ1) is 8.70. The SMILES string of the molecule is COCCOCc1ccc2cc(C(=O)O)[nH]c2c1. The maximum Gasteiger partial charge on any atom is 0.352 e. The Bertz CT molecular complexity index is 547. The highest BCUT2D eigenvalue weighted by Gasteiger charge is 2.07. The molecule has 0 atom stereocenters. The second-order valence-electron chi connectivity index (χ2n) is 3.96. The summed E-state index contributed by atoms with van der Waals surface area (Å²) in [6, 6.07) is 7.32. The van der Waals surface area contributed by atoms with Gasteiger partial charge in [0.1, 0.15) is 5.69 Å². The zero-order valence-corrected chi connectivity index (χ0v) is 10.1. The van der Waals surface area contributed by atoms with Crippen molar-refractivity contribution in [3.8, 4) is 0 Å². The first-order valence-corrected chi connectivity index (χ1v) is 5.62. The van der Waals surface area contributed by atoms with Gasteiger partial charge >= 0.3 is 5.97 Å². The topological polar surface area (TPSA) is 71.6 Å². The molecule has 1 aromatic carbocycles. The highest BCUT2D eigenvalue weighted by Crippen LogP contribution is 2.17. The Morgan fingerprint density at radius 2 is 2.17 bits per heavy atom. The second kappa shape index (κ2) is 5.66. The molecule has 0 aliphatic carbocycles. The molecule has 5 nitrogen and oxygen atoms in total. The summed E-state index contributed by atoms with van der Waals surface area (Å²) in [4.78, 5) is 13.7. The maximum absolute atomic E-state index is 10.8. The van der Waals surface area contributed by atoms with Gasteiger partial charge in [0.25, 0.3) is 0 Å². The van der Waals surface area contributed by atoms with E-state index in [0.717, 1.165) is 16.5 Å². The molecule has 0 spiro atoms. The van der Waals surface area contributed by atoms with Crippen LogP contribution >= 0.6 is 0 Å². The first-order valence-electron chi connectivity index (χ1n) is 5.62. The molecule has 0 aliphatic heterocycles. The summed E-state index contributed by atoms with van der Waals surface area (Å²) < 4.78 is 10.3. The molecule has 2 rings (SSSR count). The summed E-state index contributed by atoms with van der Waals surface area (Å²) >= 11 is 0. The van der Waals surface area contributed by atoms with Crippen molar-refractivity contribution in [1.29, 1.82) is 0 Å². The van der Waals surface area contributed by atoms with Crippen LogP contribution in [0, 0.1) is 0 Å². The molecule has 96 valence electrons. The van der Waals surface area contributed by atoms with E-state index in [4.69, 9.17) is 14.6 Å². The third-order valence-corrected chi connectivity index (χ3v) is 2.62. The summed E-state index contributed by atoms with van der Waals surface area (Å²) in [6.45, 7) is 1.59. The molecular formula is C13H15NO4. The van der Waals surface area contributed by atoms with Gasteiger partial charge in [0.05, 0.1) is 19.8 Å². The van der Waals surface area contributed by atoms with Crippen molar-refractivity contribution in [3.05, 3.63) is 35.5 Å². The molecule has 0 fully saturated rings. The highest BCUT2D eigenvalue weighted by molar-refractivity contribution is 5.93. The van der Waals surface area contributed by atoms with Gasteiger partial charge in [0, 0.05) is 18.0 Å². The van der Waals surface area contributed by atoms with E-state index in [-0.39, 0.29) is 5.69 Å². The Hall–Kier alpha value is -1.85. The fraction of sp³-hybridized carbons (Fsp3) is 0.308. The maximum atomic E-state index is 10.8. The van der Waals surface area contributed by atoms with Crippen LogP contribution in [-0.4, -0.2) is 36.4 Å². The Kier molecular flexibility index (Phi) is 3.96. The van der Waals surface area contributed by atoms with Crippen molar-refractivity contribution >= 4 is 16.9 Å². The Balaban J connectivity index is 2.09. The van der Waals surface area contributed by atoms with Gasteiger partial charge in [-0.1, -0.05) is 12.1 Å². The monoisotopic (exact) mass is 249 g/mol. The van der Waals surface area contributed by atoms with Gasteiger partial charge in [-0.2, -0.15) is 0 Å². The lowest BCUT2D eigenvalue weighted by atomic mass is 10.2. The number of carbonyl (C=O) groups is 1. The number of carboxylic acid groups (broad SMARTS) is 1. The molecule has 0 bridgehead atoms. The standard InChI is InChI=1S/C13H15NO4/c1-17-4-5-18-8-9-2-3-10-7-12(13(15)16)14-11(10)6-9/h2-3,6-7,14H,4-5,8H2,1H3,(H,15,16). The molecule has 0 saturated heterocycles. The average molecular weight is 249 g/mol. The third kappa shape index (κ3) is 2.88. The number of nitrogens with one attached hydrogen (secondary N) is 1. The largest absolute Gasteiger partial charge is 0.477 e. The smallest absolute Gasteiger partial charge is 0.352 e. The third-order valence-electron chi connectivity index (χ3n) is 2.62. The van der Waals surface area contributed by atoms with E-state index >= 15 is 0 Å². The van der Waals surface area contributed by atoms with Gasteiger partial charge in [-0.05, 0) is 17.7 Å². The van der Waals surface area contributed by atoms with E-state index in [1.165, 1.54) is 0 Å². The van der Waals surface area contributed by atoms with Crippen LogP contribution in [0.1, 0.15) is 16.1 Å². The zero-order chi connectivity index (χ0) is 13.0. The van der Waals surface area contributed by atoms with Crippen molar-refractivity contribution in [1.82, 2.24) is 4.98 Å². The molecule has 0 unspecified atom stereocenters. The molecule has 0 amide bonds. The summed E-state index contributed by atoms with van der Waals surface area (Å²) in [7, 11) is 1.63. The van der Waals surface area contributed by atoms with E-state index in [1.807, 2.05) is 18.2 Å².